The van der Waals surface area contributed by atoms with Crippen LogP contribution in [0, 0.1) is 5.92 Å². The predicted octanol–water partition coefficient (Wildman–Crippen LogP) is 2.76. The molecule has 0 saturated carbocycles. The van der Waals surface area contributed by atoms with Gasteiger partial charge in [0.25, 0.3) is 10.0 Å². The predicted molar refractivity (Wildman–Crippen MR) is 69.6 cm³/mol. The second-order valence-electron chi connectivity index (χ2n) is 3.73. The van der Waals surface area contributed by atoms with Crippen molar-refractivity contribution in [2.24, 2.45) is 5.92 Å². The maximum Gasteiger partial charge on any atom is 0.253 e. The number of thiophene rings is 1. The van der Waals surface area contributed by atoms with Crippen molar-refractivity contribution in [3.05, 3.63) is 15.9 Å². The smallest absolute Gasteiger partial charge is 0.206 e. The van der Waals surface area contributed by atoms with E-state index in [-0.39, 0.29) is 5.92 Å². The van der Waals surface area contributed by atoms with Crippen LogP contribution in [0.3, 0.4) is 0 Å². The molecular weight excluding hydrogens is 334 g/mol. The summed E-state index contributed by atoms with van der Waals surface area (Å²) in [6.07, 6.45) is 0.853. The number of hydrogen-bond donors (Lipinski definition) is 0. The van der Waals surface area contributed by atoms with E-state index in [4.69, 9.17) is 11.6 Å². The lowest BCUT2D eigenvalue weighted by Gasteiger charge is -2.15. The van der Waals surface area contributed by atoms with Gasteiger partial charge in [-0.1, -0.05) is 0 Å². The lowest BCUT2D eigenvalue weighted by atomic mass is 10.2. The van der Waals surface area contributed by atoms with Gasteiger partial charge in [-0.25, -0.2) is 8.42 Å². The molecule has 1 aromatic rings. The van der Waals surface area contributed by atoms with Crippen LogP contribution >= 0.6 is 38.9 Å². The molecule has 0 bridgehead atoms. The van der Waals surface area contributed by atoms with Crippen molar-refractivity contribution in [1.29, 1.82) is 0 Å². The van der Waals surface area contributed by atoms with E-state index in [1.165, 1.54) is 15.6 Å². The molecule has 16 heavy (non-hydrogen) atoms. The summed E-state index contributed by atoms with van der Waals surface area (Å²) in [5, 5.41) is 1.77. The van der Waals surface area contributed by atoms with Crippen molar-refractivity contribution < 1.29 is 8.42 Å². The van der Waals surface area contributed by atoms with Gasteiger partial charge in [-0.3, -0.25) is 0 Å². The maximum absolute atomic E-state index is 12.2. The number of rotatable bonds is 3. The number of alkyl halides is 1. The van der Waals surface area contributed by atoms with Gasteiger partial charge in [-0.2, -0.15) is 4.31 Å². The molecule has 0 aliphatic carbocycles. The van der Waals surface area contributed by atoms with Crippen molar-refractivity contribution in [2.75, 3.05) is 19.0 Å². The maximum atomic E-state index is 12.2. The summed E-state index contributed by atoms with van der Waals surface area (Å²) < 4.78 is 27.0. The number of halogens is 2. The highest BCUT2D eigenvalue weighted by Gasteiger charge is 2.33. The van der Waals surface area contributed by atoms with Crippen LogP contribution in [0.15, 0.2) is 20.1 Å². The van der Waals surface area contributed by atoms with Crippen LogP contribution in [0.4, 0.5) is 0 Å². The summed E-state index contributed by atoms with van der Waals surface area (Å²) >= 11 is 10.3. The molecule has 7 heteroatoms. The third-order valence-corrected chi connectivity index (χ3v) is 7.57. The van der Waals surface area contributed by atoms with Gasteiger partial charge >= 0.3 is 0 Å². The van der Waals surface area contributed by atoms with Crippen LogP contribution in [-0.4, -0.2) is 31.7 Å². The zero-order valence-electron chi connectivity index (χ0n) is 8.40. The van der Waals surface area contributed by atoms with Crippen LogP contribution < -0.4 is 0 Å². The first-order chi connectivity index (χ1) is 7.55. The minimum atomic E-state index is -3.32. The van der Waals surface area contributed by atoms with Crippen LogP contribution in [0.2, 0.25) is 0 Å². The van der Waals surface area contributed by atoms with E-state index < -0.39 is 10.0 Å². The standard InChI is InChI=1S/C9H11BrClNO2S2/c10-8-2-4-15-9(8)16(13,14)12-3-1-7(5-11)6-12/h2,4,7H,1,3,5-6H2. The van der Waals surface area contributed by atoms with Crippen molar-refractivity contribution in [3.63, 3.8) is 0 Å². The molecule has 1 aliphatic rings. The Bertz CT molecular complexity index is 474. The molecule has 1 saturated heterocycles. The van der Waals surface area contributed by atoms with E-state index in [1.54, 1.807) is 11.4 Å². The summed E-state index contributed by atoms with van der Waals surface area (Å²) in [6, 6.07) is 1.76. The quantitative estimate of drug-likeness (QED) is 0.791. The Kier molecular flexibility index (Phi) is 3.96. The molecule has 0 spiro atoms. The Morgan fingerprint density at radius 3 is 2.88 bits per heavy atom. The fraction of sp³-hybridized carbons (Fsp3) is 0.556. The van der Waals surface area contributed by atoms with Gasteiger partial charge < -0.3 is 0 Å². The summed E-state index contributed by atoms with van der Waals surface area (Å²) in [6.45, 7) is 1.11. The second-order valence-corrected chi connectivity index (χ2v) is 7.94. The van der Waals surface area contributed by atoms with Crippen LogP contribution in [0.5, 0.6) is 0 Å². The summed E-state index contributed by atoms with van der Waals surface area (Å²) in [5.74, 6) is 0.813. The molecular formula is C9H11BrClNO2S2. The minimum Gasteiger partial charge on any atom is -0.206 e. The zero-order valence-corrected chi connectivity index (χ0v) is 12.4. The molecule has 2 rings (SSSR count). The largest absolute Gasteiger partial charge is 0.253 e. The van der Waals surface area contributed by atoms with Crippen LogP contribution in [0.1, 0.15) is 6.42 Å². The summed E-state index contributed by atoms with van der Waals surface area (Å²) in [5.41, 5.74) is 0. The van der Waals surface area contributed by atoms with Gasteiger partial charge in [-0.05, 0) is 39.7 Å². The molecule has 1 unspecified atom stereocenters. The Balaban J connectivity index is 2.25. The highest BCUT2D eigenvalue weighted by molar-refractivity contribution is 9.10. The molecule has 3 nitrogen and oxygen atoms in total. The van der Waals surface area contributed by atoms with Gasteiger partial charge in [0.05, 0.1) is 0 Å². The molecule has 1 aliphatic heterocycles. The molecule has 2 heterocycles. The third-order valence-electron chi connectivity index (χ3n) is 2.63. The van der Waals surface area contributed by atoms with E-state index in [1.807, 2.05) is 0 Å². The Morgan fingerprint density at radius 2 is 2.38 bits per heavy atom. The van der Waals surface area contributed by atoms with Gasteiger partial charge in [-0.15, -0.1) is 22.9 Å². The Hall–Kier alpha value is 0.380. The average Bonchev–Trinajstić information content (AvgIpc) is 2.85. The Morgan fingerprint density at radius 1 is 1.62 bits per heavy atom. The first-order valence-corrected chi connectivity index (χ1v) is 8.49. The average molecular weight is 345 g/mol. The lowest BCUT2D eigenvalue weighted by molar-refractivity contribution is 0.466. The van der Waals surface area contributed by atoms with Crippen molar-refractivity contribution in [2.45, 2.75) is 10.6 Å². The van der Waals surface area contributed by atoms with E-state index in [0.717, 1.165) is 6.42 Å². The van der Waals surface area contributed by atoms with Crippen LogP contribution in [0.25, 0.3) is 0 Å². The third kappa shape index (κ3) is 2.31. The molecule has 1 atom stereocenters. The fourth-order valence-corrected chi connectivity index (χ4v) is 5.96. The number of hydrogen-bond acceptors (Lipinski definition) is 3. The number of sulfonamides is 1. The van der Waals surface area contributed by atoms with Gasteiger partial charge in [0.15, 0.2) is 0 Å². The molecule has 0 aromatic carbocycles. The lowest BCUT2D eigenvalue weighted by Crippen LogP contribution is -2.28. The number of nitrogens with zero attached hydrogens (tertiary/aromatic N) is 1. The topological polar surface area (TPSA) is 37.4 Å². The highest BCUT2D eigenvalue weighted by Crippen LogP contribution is 2.32. The van der Waals surface area contributed by atoms with Crippen molar-refractivity contribution in [3.8, 4) is 0 Å². The SMILES string of the molecule is O=S(=O)(c1sccc1Br)N1CCC(CCl)C1. The monoisotopic (exact) mass is 343 g/mol. The minimum absolute atomic E-state index is 0.287. The first kappa shape index (κ1) is 12.8. The Labute approximate surface area is 113 Å². The van der Waals surface area contributed by atoms with Gasteiger partial charge in [0, 0.05) is 23.4 Å². The molecule has 1 aromatic heterocycles. The van der Waals surface area contributed by atoms with Gasteiger partial charge in [0.1, 0.15) is 4.21 Å². The molecule has 0 radical (unpaired) electrons. The van der Waals surface area contributed by atoms with Crippen molar-refractivity contribution >= 4 is 48.9 Å². The fourth-order valence-electron chi connectivity index (χ4n) is 1.72. The normalized spacial score (nSPS) is 22.8. The van der Waals surface area contributed by atoms with E-state index >= 15 is 0 Å². The van der Waals surface area contributed by atoms with Gasteiger partial charge in [0.2, 0.25) is 0 Å². The van der Waals surface area contributed by atoms with Crippen LogP contribution in [-0.2, 0) is 10.0 Å². The van der Waals surface area contributed by atoms with E-state index in [2.05, 4.69) is 15.9 Å². The second kappa shape index (κ2) is 4.94. The molecule has 0 N–H and O–H groups in total. The highest BCUT2D eigenvalue weighted by atomic mass is 79.9. The molecule has 1 fully saturated rings. The molecule has 0 amide bonds. The van der Waals surface area contributed by atoms with E-state index in [9.17, 15) is 8.42 Å². The summed E-state index contributed by atoms with van der Waals surface area (Å²) in [4.78, 5) is 0. The molecule has 90 valence electrons. The zero-order chi connectivity index (χ0) is 11.8. The van der Waals surface area contributed by atoms with Crippen molar-refractivity contribution in [1.82, 2.24) is 4.31 Å². The first-order valence-electron chi connectivity index (χ1n) is 4.85. The van der Waals surface area contributed by atoms with E-state index in [0.29, 0.717) is 27.7 Å². The summed E-state index contributed by atoms with van der Waals surface area (Å²) in [7, 11) is -3.32.